The SMILES string of the molecule is C=CC(=O)OCC.CCOC(=O)/C=C/c1cc(=O)n2ccccc2n1.CCOC(=O)CC(=O)Nc1ccccn1.CCOC(=O)CC(=O)OCC.Nc1ccccn1.O=C(O)CCc1cc(=O)n2ccccc2n1.O=c1cc(Cl)nc2ccccn12.O=c1cc(O)nc2ccccn12. The van der Waals surface area contributed by atoms with E-state index in [1.165, 1.54) is 48.0 Å². The fraction of sp³-hybridized carbons (Fsp3) is 0.209. The Labute approximate surface area is 563 Å². The number of carbonyl (C=O) groups is 7. The molecule has 1 amide bonds. The largest absolute Gasteiger partial charge is 0.493 e. The van der Waals surface area contributed by atoms with E-state index in [0.29, 0.717) is 58.8 Å². The second-order valence-corrected chi connectivity index (χ2v) is 18.8. The Morgan fingerprint density at radius 2 is 0.969 bits per heavy atom. The van der Waals surface area contributed by atoms with Crippen LogP contribution in [0.5, 0.6) is 5.88 Å². The van der Waals surface area contributed by atoms with E-state index in [1.807, 2.05) is 12.1 Å². The molecule has 10 heterocycles. The number of halogens is 1. The molecule has 30 nitrogen and oxygen atoms in total. The first-order valence-corrected chi connectivity index (χ1v) is 29.9. The molecule has 10 rings (SSSR count). The maximum atomic E-state index is 11.7. The number of aromatic nitrogens is 10. The molecule has 0 aliphatic rings. The number of pyridine rings is 6. The summed E-state index contributed by atoms with van der Waals surface area (Å²) in [5, 5.41) is 20.2. The molecule has 0 bridgehead atoms. The number of carboxylic acids is 1. The number of nitrogen functional groups attached to an aromatic ring is 1. The smallest absolute Gasteiger partial charge is 0.330 e. The zero-order valence-corrected chi connectivity index (χ0v) is 54.6. The molecule has 0 aromatic carbocycles. The quantitative estimate of drug-likeness (QED) is 0.0260. The Bertz CT molecular complexity index is 4400. The molecule has 10 aromatic rings. The Morgan fingerprint density at radius 1 is 0.531 bits per heavy atom. The van der Waals surface area contributed by atoms with Gasteiger partial charge in [-0.25, -0.2) is 34.5 Å². The highest BCUT2D eigenvalue weighted by Gasteiger charge is 2.12. The van der Waals surface area contributed by atoms with Crippen LogP contribution in [-0.4, -0.2) is 132 Å². The van der Waals surface area contributed by atoms with Gasteiger partial charge in [0.2, 0.25) is 11.8 Å². The second kappa shape index (κ2) is 44.9. The molecule has 0 atom stereocenters. The summed E-state index contributed by atoms with van der Waals surface area (Å²) < 4.78 is 28.5. The normalized spacial score (nSPS) is 9.86. The molecule has 31 heteroatoms. The van der Waals surface area contributed by atoms with Crippen LogP contribution in [0.15, 0.2) is 209 Å². The molecular formula is C67H71ClN12O18. The number of carboxylic acid groups (broad SMARTS) is 1. The summed E-state index contributed by atoms with van der Waals surface area (Å²) in [6.07, 6.45) is 13.3. The lowest BCUT2D eigenvalue weighted by atomic mass is 10.2. The molecule has 514 valence electrons. The van der Waals surface area contributed by atoms with Crippen LogP contribution >= 0.6 is 11.6 Å². The summed E-state index contributed by atoms with van der Waals surface area (Å²) in [6.45, 7) is 13.3. The zero-order valence-electron chi connectivity index (χ0n) is 53.8. The lowest BCUT2D eigenvalue weighted by Gasteiger charge is -2.03. The van der Waals surface area contributed by atoms with Gasteiger partial charge in [-0.3, -0.25) is 60.8 Å². The van der Waals surface area contributed by atoms with E-state index in [-0.39, 0.29) is 84.7 Å². The van der Waals surface area contributed by atoms with E-state index in [2.05, 4.69) is 60.7 Å². The van der Waals surface area contributed by atoms with Crippen molar-refractivity contribution >= 4 is 93.6 Å². The van der Waals surface area contributed by atoms with Gasteiger partial charge in [0, 0.05) is 79.6 Å². The average molecular weight is 1370 g/mol. The molecule has 0 saturated heterocycles. The molecular weight excluding hydrogens is 1300 g/mol. The third kappa shape index (κ3) is 31.3. The van der Waals surface area contributed by atoms with Crippen molar-refractivity contribution in [1.29, 1.82) is 0 Å². The molecule has 0 saturated carbocycles. The summed E-state index contributed by atoms with van der Waals surface area (Å²) in [4.78, 5) is 145. The highest BCUT2D eigenvalue weighted by Crippen LogP contribution is 2.06. The van der Waals surface area contributed by atoms with E-state index in [4.69, 9.17) is 32.3 Å². The predicted molar refractivity (Wildman–Crippen MR) is 362 cm³/mol. The maximum Gasteiger partial charge on any atom is 0.330 e. The monoisotopic (exact) mass is 1370 g/mol. The van der Waals surface area contributed by atoms with E-state index in [0.717, 1.165) is 12.1 Å². The topological polar surface area (TPSA) is 407 Å². The van der Waals surface area contributed by atoms with Crippen molar-refractivity contribution in [2.75, 3.05) is 44.1 Å². The number of nitrogens with two attached hydrogens (primary N) is 1. The Morgan fingerprint density at radius 3 is 1.42 bits per heavy atom. The van der Waals surface area contributed by atoms with E-state index < -0.39 is 35.8 Å². The Balaban J connectivity index is 0.000000296. The van der Waals surface area contributed by atoms with Crippen LogP contribution in [-0.2, 0) is 63.7 Å². The minimum atomic E-state index is -0.893. The van der Waals surface area contributed by atoms with Gasteiger partial charge < -0.3 is 44.9 Å². The van der Waals surface area contributed by atoms with Crippen molar-refractivity contribution in [3.05, 3.63) is 247 Å². The summed E-state index contributed by atoms with van der Waals surface area (Å²) in [6, 6.07) is 36.6. The molecule has 98 heavy (non-hydrogen) atoms. The molecule has 0 unspecified atom stereocenters. The number of anilines is 2. The minimum absolute atomic E-state index is 0.0184. The van der Waals surface area contributed by atoms with Crippen LogP contribution in [0.3, 0.4) is 0 Å². The highest BCUT2D eigenvalue weighted by atomic mass is 35.5. The number of rotatable bonds is 16. The van der Waals surface area contributed by atoms with Gasteiger partial charge in [-0.05, 0) is 113 Å². The molecule has 0 radical (unpaired) electrons. The number of amides is 1. The minimum Gasteiger partial charge on any atom is -0.493 e. The standard InChI is InChI=1S/C13H12N2O3.C11H10N2O3.C10H12N2O3.C8H5ClN2O.C8H6N2O2.C7H12O4.C5H6N2.C5H8O2/c1-2-18-13(17)7-6-10-9-12(16)15-8-4-3-5-11(15)14-10;14-10-7-8(4-5-11(15)16)12-9-3-1-2-6-13(9)10;1-2-15-10(14)7-9(13)12-8-5-3-4-6-11-8;9-6-5-8(12)11-4-2-1-3-7(11)10-6;11-7-5-8(12)10-4-2-1-3-6(10)9-7;1-3-10-6(8)5-7(9)11-4-2;6-5-3-1-2-4-7-5;1-3-5(6)7-4-2/h3-9H,2H2,1H3;1-3,6-7H,4-5H2,(H,15,16);3-6H,2,7H2,1H3,(H,11,12,13);1-5H;1-5,11H;3-5H2,1-2H3;1-4H,(H2,6,7);3H,1,4H2,2H3/b7-6+;;;;;;;. The van der Waals surface area contributed by atoms with Crippen molar-refractivity contribution in [3.8, 4) is 5.88 Å². The summed E-state index contributed by atoms with van der Waals surface area (Å²) in [7, 11) is 0. The van der Waals surface area contributed by atoms with Crippen molar-refractivity contribution in [1.82, 2.24) is 47.5 Å². The number of aromatic hydroxyl groups is 1. The van der Waals surface area contributed by atoms with E-state index >= 15 is 0 Å². The number of nitrogens with zero attached hydrogens (tertiary/aromatic N) is 10. The van der Waals surface area contributed by atoms with Crippen molar-refractivity contribution in [2.24, 2.45) is 0 Å². The van der Waals surface area contributed by atoms with Gasteiger partial charge in [-0.1, -0.05) is 54.6 Å². The fourth-order valence-corrected chi connectivity index (χ4v) is 7.30. The van der Waals surface area contributed by atoms with Crippen molar-refractivity contribution in [2.45, 2.75) is 60.3 Å². The first-order chi connectivity index (χ1) is 47.0. The number of fused-ring (bicyclic) bond motifs is 4. The Hall–Kier alpha value is -12.6. The number of aliphatic carboxylic acids is 1. The number of carbonyl (C=O) groups excluding carboxylic acids is 6. The first kappa shape index (κ1) is 79.6. The number of hydrogen-bond acceptors (Lipinski definition) is 24. The van der Waals surface area contributed by atoms with Gasteiger partial charge in [0.15, 0.2) is 0 Å². The molecule has 10 aromatic heterocycles. The van der Waals surface area contributed by atoms with Crippen LogP contribution in [0, 0.1) is 0 Å². The lowest BCUT2D eigenvalue weighted by molar-refractivity contribution is -0.154. The molecule has 0 aliphatic heterocycles. The van der Waals surface area contributed by atoms with Crippen molar-refractivity contribution < 1.29 is 67.5 Å². The number of esters is 5. The maximum absolute atomic E-state index is 11.7. The van der Waals surface area contributed by atoms with Crippen LogP contribution in [0.2, 0.25) is 5.15 Å². The van der Waals surface area contributed by atoms with Gasteiger partial charge in [0.25, 0.3) is 22.2 Å². The number of ether oxygens (including phenoxy) is 5. The lowest BCUT2D eigenvalue weighted by Crippen LogP contribution is -2.18. The molecule has 5 N–H and O–H groups in total. The number of aryl methyl sites for hydroxylation is 1. The number of nitrogens with one attached hydrogen (secondary N) is 1. The van der Waals surface area contributed by atoms with Crippen molar-refractivity contribution in [3.63, 3.8) is 0 Å². The summed E-state index contributed by atoms with van der Waals surface area (Å²) >= 11 is 5.60. The number of hydrogen-bond donors (Lipinski definition) is 4. The summed E-state index contributed by atoms with van der Waals surface area (Å²) in [5.74, 6) is -2.99. The molecule has 0 aliphatic carbocycles. The van der Waals surface area contributed by atoms with Crippen LogP contribution in [0.25, 0.3) is 28.7 Å². The van der Waals surface area contributed by atoms with Gasteiger partial charge in [-0.15, -0.1) is 0 Å². The second-order valence-electron chi connectivity index (χ2n) is 18.4. The van der Waals surface area contributed by atoms with Gasteiger partial charge >= 0.3 is 35.8 Å². The molecule has 0 spiro atoms. The average Bonchev–Trinajstić information content (AvgIpc) is 0.871. The summed E-state index contributed by atoms with van der Waals surface area (Å²) in [5.41, 5.74) is 7.45. The Kier molecular flexibility index (Phi) is 36.5. The first-order valence-electron chi connectivity index (χ1n) is 29.5. The molecule has 0 fully saturated rings. The zero-order chi connectivity index (χ0) is 72.2. The van der Waals surface area contributed by atoms with Crippen LogP contribution in [0.4, 0.5) is 11.6 Å². The van der Waals surface area contributed by atoms with Crippen LogP contribution < -0.4 is 33.3 Å². The highest BCUT2D eigenvalue weighted by molar-refractivity contribution is 6.29. The van der Waals surface area contributed by atoms with E-state index in [9.17, 15) is 52.7 Å². The van der Waals surface area contributed by atoms with Gasteiger partial charge in [0.1, 0.15) is 52.2 Å². The third-order valence-corrected chi connectivity index (χ3v) is 11.4. The fourth-order valence-electron chi connectivity index (χ4n) is 7.12. The van der Waals surface area contributed by atoms with Gasteiger partial charge in [-0.2, -0.15) is 4.98 Å². The third-order valence-electron chi connectivity index (χ3n) is 11.2. The van der Waals surface area contributed by atoms with Gasteiger partial charge in [0.05, 0.1) is 51.2 Å². The van der Waals surface area contributed by atoms with Crippen LogP contribution in [0.1, 0.15) is 65.3 Å². The van der Waals surface area contributed by atoms with E-state index in [1.54, 1.807) is 169 Å². The predicted octanol–water partition coefficient (Wildman–Crippen LogP) is 6.61.